The number of hydrogen-bond acceptors (Lipinski definition) is 3. The van der Waals surface area contributed by atoms with Gasteiger partial charge in [0.15, 0.2) is 0 Å². The van der Waals surface area contributed by atoms with Crippen molar-refractivity contribution in [2.45, 2.75) is 66.1 Å². The third-order valence-corrected chi connectivity index (χ3v) is 3.82. The van der Waals surface area contributed by atoms with Crippen LogP contribution in [-0.4, -0.2) is 28.9 Å². The molecular formula is C15H30N4. The molecule has 0 saturated carbocycles. The zero-order valence-electron chi connectivity index (χ0n) is 13.6. The van der Waals surface area contributed by atoms with Crippen molar-refractivity contribution in [2.75, 3.05) is 11.9 Å². The molecule has 0 atom stereocenters. The summed E-state index contributed by atoms with van der Waals surface area (Å²) >= 11 is 0. The van der Waals surface area contributed by atoms with Crippen LogP contribution in [-0.2, 0) is 13.6 Å². The summed E-state index contributed by atoms with van der Waals surface area (Å²) in [5.74, 6) is 1.25. The van der Waals surface area contributed by atoms with Gasteiger partial charge in [-0.2, -0.15) is 5.10 Å². The molecule has 1 N–H and O–H groups in total. The van der Waals surface area contributed by atoms with Crippen molar-refractivity contribution in [3.8, 4) is 0 Å². The van der Waals surface area contributed by atoms with Gasteiger partial charge in [0.05, 0.1) is 5.69 Å². The quantitative estimate of drug-likeness (QED) is 0.824. The molecule has 1 aromatic heterocycles. The van der Waals surface area contributed by atoms with Crippen LogP contribution in [0.3, 0.4) is 0 Å². The maximum atomic E-state index is 4.60. The lowest BCUT2D eigenvalue weighted by Crippen LogP contribution is -2.33. The largest absolute Gasteiger partial charge is 0.357 e. The Morgan fingerprint density at radius 3 is 2.32 bits per heavy atom. The Labute approximate surface area is 118 Å². The minimum atomic E-state index is 0.492. The zero-order chi connectivity index (χ0) is 14.6. The molecule has 0 amide bonds. The fourth-order valence-corrected chi connectivity index (χ4v) is 2.65. The third kappa shape index (κ3) is 3.72. The van der Waals surface area contributed by atoms with Crippen molar-refractivity contribution in [3.63, 3.8) is 0 Å². The second kappa shape index (κ2) is 6.94. The number of aryl methyl sites for hydroxylation is 2. The van der Waals surface area contributed by atoms with E-state index in [9.17, 15) is 0 Å². The average molecular weight is 266 g/mol. The average Bonchev–Trinajstić information content (AvgIpc) is 2.62. The highest BCUT2D eigenvalue weighted by Gasteiger charge is 2.20. The molecule has 0 aromatic carbocycles. The molecule has 110 valence electrons. The van der Waals surface area contributed by atoms with Gasteiger partial charge in [-0.1, -0.05) is 27.7 Å². The molecule has 0 unspecified atom stereocenters. The summed E-state index contributed by atoms with van der Waals surface area (Å²) < 4.78 is 2.02. The highest BCUT2D eigenvalue weighted by atomic mass is 15.4. The van der Waals surface area contributed by atoms with E-state index in [0.29, 0.717) is 12.1 Å². The van der Waals surface area contributed by atoms with Crippen LogP contribution in [0, 0.1) is 6.92 Å². The Balaban J connectivity index is 3.04. The number of rotatable bonds is 7. The van der Waals surface area contributed by atoms with E-state index in [-0.39, 0.29) is 0 Å². The summed E-state index contributed by atoms with van der Waals surface area (Å²) in [7, 11) is 4.23. The fourth-order valence-electron chi connectivity index (χ4n) is 2.65. The Kier molecular flexibility index (Phi) is 5.85. The lowest BCUT2D eigenvalue weighted by Gasteiger charge is -2.29. The highest BCUT2D eigenvalue weighted by Crippen LogP contribution is 2.25. The predicted molar refractivity (Wildman–Crippen MR) is 82.7 cm³/mol. The molecule has 0 aliphatic rings. The molecular weight excluding hydrogens is 236 g/mol. The number of nitrogens with zero attached hydrogens (tertiary/aromatic N) is 3. The first kappa shape index (κ1) is 16.0. The van der Waals surface area contributed by atoms with E-state index in [4.69, 9.17) is 0 Å². The topological polar surface area (TPSA) is 33.1 Å². The van der Waals surface area contributed by atoms with E-state index in [2.05, 4.69) is 57.0 Å². The smallest absolute Gasteiger partial charge is 0.131 e. The van der Waals surface area contributed by atoms with Crippen LogP contribution in [0.2, 0.25) is 0 Å². The molecule has 1 aromatic rings. The van der Waals surface area contributed by atoms with E-state index in [0.717, 1.165) is 25.1 Å². The lowest BCUT2D eigenvalue weighted by molar-refractivity contribution is 0.561. The highest BCUT2D eigenvalue weighted by molar-refractivity contribution is 5.50. The van der Waals surface area contributed by atoms with Gasteiger partial charge in [-0.05, 0) is 19.8 Å². The molecule has 0 spiro atoms. The van der Waals surface area contributed by atoms with Gasteiger partial charge in [-0.15, -0.1) is 0 Å². The van der Waals surface area contributed by atoms with Crippen LogP contribution < -0.4 is 10.2 Å². The van der Waals surface area contributed by atoms with Crippen molar-refractivity contribution in [1.29, 1.82) is 0 Å². The molecule has 4 nitrogen and oxygen atoms in total. The van der Waals surface area contributed by atoms with Crippen LogP contribution in [0.5, 0.6) is 0 Å². The van der Waals surface area contributed by atoms with Gasteiger partial charge in [0, 0.05) is 38.3 Å². The van der Waals surface area contributed by atoms with E-state index in [1.807, 2.05) is 11.7 Å². The van der Waals surface area contributed by atoms with Crippen molar-refractivity contribution >= 4 is 5.82 Å². The molecule has 1 rings (SSSR count). The van der Waals surface area contributed by atoms with Crippen molar-refractivity contribution in [3.05, 3.63) is 11.3 Å². The maximum Gasteiger partial charge on any atom is 0.131 e. The molecule has 0 fully saturated rings. The first-order chi connectivity index (χ1) is 8.92. The standard InChI is InChI=1S/C15H30N4/c1-8-13(9-2)18(6)15-14(10-16-11(3)4)12(5)17-19(15)7/h11,13,16H,8-10H2,1-7H3. The summed E-state index contributed by atoms with van der Waals surface area (Å²) in [5, 5.41) is 8.10. The van der Waals surface area contributed by atoms with Crippen molar-refractivity contribution in [2.24, 2.45) is 7.05 Å². The van der Waals surface area contributed by atoms with Crippen LogP contribution in [0.15, 0.2) is 0 Å². The van der Waals surface area contributed by atoms with Crippen LogP contribution in [0.1, 0.15) is 51.8 Å². The molecule has 0 radical (unpaired) electrons. The van der Waals surface area contributed by atoms with Crippen LogP contribution >= 0.6 is 0 Å². The molecule has 0 aliphatic carbocycles. The molecule has 4 heteroatoms. The third-order valence-electron chi connectivity index (χ3n) is 3.82. The van der Waals surface area contributed by atoms with Crippen molar-refractivity contribution in [1.82, 2.24) is 15.1 Å². The summed E-state index contributed by atoms with van der Waals surface area (Å²) in [4.78, 5) is 2.39. The molecule has 0 bridgehead atoms. The molecule has 0 aliphatic heterocycles. The maximum absolute atomic E-state index is 4.60. The first-order valence-electron chi connectivity index (χ1n) is 7.40. The van der Waals surface area contributed by atoms with Crippen LogP contribution in [0.4, 0.5) is 5.82 Å². The minimum absolute atomic E-state index is 0.492. The number of anilines is 1. The summed E-state index contributed by atoms with van der Waals surface area (Å²) in [6.07, 6.45) is 2.32. The van der Waals surface area contributed by atoms with Gasteiger partial charge in [0.25, 0.3) is 0 Å². The monoisotopic (exact) mass is 266 g/mol. The zero-order valence-corrected chi connectivity index (χ0v) is 13.6. The molecule has 19 heavy (non-hydrogen) atoms. The van der Waals surface area contributed by atoms with E-state index in [1.165, 1.54) is 11.4 Å². The Hall–Kier alpha value is -1.03. The fraction of sp³-hybridized carbons (Fsp3) is 0.800. The SMILES string of the molecule is CCC(CC)N(C)c1c(CNC(C)C)c(C)nn1C. The Morgan fingerprint density at radius 1 is 1.26 bits per heavy atom. The summed E-state index contributed by atoms with van der Waals surface area (Å²) in [6, 6.07) is 1.07. The second-order valence-electron chi connectivity index (χ2n) is 5.63. The van der Waals surface area contributed by atoms with Gasteiger partial charge in [0.2, 0.25) is 0 Å². The number of hydrogen-bond donors (Lipinski definition) is 1. The van der Waals surface area contributed by atoms with E-state index >= 15 is 0 Å². The summed E-state index contributed by atoms with van der Waals surface area (Å²) in [6.45, 7) is 11.8. The van der Waals surface area contributed by atoms with Gasteiger partial charge in [-0.25, -0.2) is 0 Å². The van der Waals surface area contributed by atoms with Gasteiger partial charge < -0.3 is 10.2 Å². The van der Waals surface area contributed by atoms with E-state index in [1.54, 1.807) is 0 Å². The Bertz CT molecular complexity index is 391. The Morgan fingerprint density at radius 2 is 1.84 bits per heavy atom. The normalized spacial score (nSPS) is 11.6. The number of aromatic nitrogens is 2. The van der Waals surface area contributed by atoms with Gasteiger partial charge in [-0.3, -0.25) is 4.68 Å². The minimum Gasteiger partial charge on any atom is -0.357 e. The molecule has 0 saturated heterocycles. The van der Waals surface area contributed by atoms with E-state index < -0.39 is 0 Å². The number of nitrogens with one attached hydrogen (secondary N) is 1. The van der Waals surface area contributed by atoms with Gasteiger partial charge >= 0.3 is 0 Å². The second-order valence-corrected chi connectivity index (χ2v) is 5.63. The lowest BCUT2D eigenvalue weighted by atomic mass is 10.1. The van der Waals surface area contributed by atoms with Gasteiger partial charge in [0.1, 0.15) is 5.82 Å². The summed E-state index contributed by atoms with van der Waals surface area (Å²) in [5.41, 5.74) is 2.45. The predicted octanol–water partition coefficient (Wildman–Crippen LogP) is 2.85. The first-order valence-corrected chi connectivity index (χ1v) is 7.40. The van der Waals surface area contributed by atoms with Crippen LogP contribution in [0.25, 0.3) is 0 Å². The van der Waals surface area contributed by atoms with Crippen molar-refractivity contribution < 1.29 is 0 Å². The molecule has 1 heterocycles.